The van der Waals surface area contributed by atoms with Gasteiger partial charge in [0.1, 0.15) is 12.7 Å². The maximum atomic E-state index is 11.8. The van der Waals surface area contributed by atoms with Crippen LogP contribution in [0.15, 0.2) is 43.0 Å². The van der Waals surface area contributed by atoms with Gasteiger partial charge in [0.2, 0.25) is 0 Å². The Bertz CT molecular complexity index is 482. The van der Waals surface area contributed by atoms with Crippen molar-refractivity contribution < 1.29 is 9.53 Å². The fourth-order valence-electron chi connectivity index (χ4n) is 1.86. The average molecular weight is 245 g/mol. The van der Waals surface area contributed by atoms with Crippen molar-refractivity contribution >= 4 is 5.97 Å². The predicted octanol–water partition coefficient (Wildman–Crippen LogP) is 1.63. The Balaban J connectivity index is 2.09. The molecule has 18 heavy (non-hydrogen) atoms. The van der Waals surface area contributed by atoms with Crippen molar-refractivity contribution in [3.63, 3.8) is 0 Å². The van der Waals surface area contributed by atoms with Gasteiger partial charge in [-0.15, -0.1) is 0 Å². The summed E-state index contributed by atoms with van der Waals surface area (Å²) in [4.78, 5) is 15.7. The SMILES string of the molecule is COC(=O)C(CCn1cncn1)c1ccccc1. The second-order valence-electron chi connectivity index (χ2n) is 3.93. The van der Waals surface area contributed by atoms with Crippen molar-refractivity contribution in [3.8, 4) is 0 Å². The maximum Gasteiger partial charge on any atom is 0.313 e. The number of rotatable bonds is 5. The molecule has 1 aromatic heterocycles. The van der Waals surface area contributed by atoms with E-state index >= 15 is 0 Å². The highest BCUT2D eigenvalue weighted by Gasteiger charge is 2.20. The first kappa shape index (κ1) is 12.3. The summed E-state index contributed by atoms with van der Waals surface area (Å²) in [5.41, 5.74) is 0.962. The van der Waals surface area contributed by atoms with Crippen molar-refractivity contribution in [3.05, 3.63) is 48.5 Å². The zero-order chi connectivity index (χ0) is 12.8. The molecule has 1 atom stereocenters. The summed E-state index contributed by atoms with van der Waals surface area (Å²) < 4.78 is 6.56. The minimum absolute atomic E-state index is 0.221. The van der Waals surface area contributed by atoms with Crippen LogP contribution in [0.4, 0.5) is 0 Å². The molecule has 0 fully saturated rings. The van der Waals surface area contributed by atoms with Crippen molar-refractivity contribution in [1.82, 2.24) is 14.8 Å². The number of carbonyl (C=O) groups is 1. The van der Waals surface area contributed by atoms with Gasteiger partial charge in [0.15, 0.2) is 0 Å². The summed E-state index contributed by atoms with van der Waals surface area (Å²) in [7, 11) is 1.41. The molecule has 0 aliphatic carbocycles. The van der Waals surface area contributed by atoms with Crippen LogP contribution >= 0.6 is 0 Å². The summed E-state index contributed by atoms with van der Waals surface area (Å²) in [5.74, 6) is -0.485. The highest BCUT2D eigenvalue weighted by molar-refractivity contribution is 5.77. The molecular formula is C13H15N3O2. The smallest absolute Gasteiger partial charge is 0.313 e. The van der Waals surface area contributed by atoms with Crippen LogP contribution in [0.1, 0.15) is 17.9 Å². The van der Waals surface area contributed by atoms with Gasteiger partial charge in [-0.25, -0.2) is 4.98 Å². The van der Waals surface area contributed by atoms with Crippen LogP contribution in [-0.4, -0.2) is 27.8 Å². The summed E-state index contributed by atoms with van der Waals surface area (Å²) in [6, 6.07) is 9.63. The number of aryl methyl sites for hydroxylation is 1. The number of nitrogens with zero attached hydrogens (tertiary/aromatic N) is 3. The highest BCUT2D eigenvalue weighted by Crippen LogP contribution is 2.21. The van der Waals surface area contributed by atoms with Crippen molar-refractivity contribution in [2.24, 2.45) is 0 Å². The lowest BCUT2D eigenvalue weighted by Crippen LogP contribution is -2.16. The second kappa shape index (κ2) is 5.95. The number of benzene rings is 1. The van der Waals surface area contributed by atoms with Gasteiger partial charge < -0.3 is 4.74 Å². The Morgan fingerprint density at radius 2 is 2.17 bits per heavy atom. The molecular weight excluding hydrogens is 230 g/mol. The van der Waals surface area contributed by atoms with Crippen LogP contribution in [-0.2, 0) is 16.1 Å². The zero-order valence-corrected chi connectivity index (χ0v) is 10.2. The molecule has 0 N–H and O–H groups in total. The van der Waals surface area contributed by atoms with E-state index in [0.29, 0.717) is 13.0 Å². The number of methoxy groups -OCH3 is 1. The van der Waals surface area contributed by atoms with Crippen LogP contribution in [0.5, 0.6) is 0 Å². The van der Waals surface area contributed by atoms with Crippen LogP contribution in [0.25, 0.3) is 0 Å². The van der Waals surface area contributed by atoms with Crippen LogP contribution in [0.3, 0.4) is 0 Å². The van der Waals surface area contributed by atoms with Crippen molar-refractivity contribution in [2.45, 2.75) is 18.9 Å². The third kappa shape index (κ3) is 2.94. The topological polar surface area (TPSA) is 57.0 Å². The average Bonchev–Trinajstić information content (AvgIpc) is 2.93. The van der Waals surface area contributed by atoms with Crippen LogP contribution in [0, 0.1) is 0 Å². The van der Waals surface area contributed by atoms with E-state index in [1.165, 1.54) is 13.4 Å². The van der Waals surface area contributed by atoms with Gasteiger partial charge in [-0.05, 0) is 12.0 Å². The molecule has 1 heterocycles. The van der Waals surface area contributed by atoms with Crippen molar-refractivity contribution in [1.29, 1.82) is 0 Å². The number of aromatic nitrogens is 3. The van der Waals surface area contributed by atoms with E-state index in [0.717, 1.165) is 5.56 Å². The molecule has 94 valence electrons. The molecule has 1 aromatic carbocycles. The normalized spacial score (nSPS) is 12.1. The van der Waals surface area contributed by atoms with E-state index in [1.807, 2.05) is 30.3 Å². The molecule has 0 saturated carbocycles. The minimum atomic E-state index is -0.264. The molecule has 1 unspecified atom stereocenters. The zero-order valence-electron chi connectivity index (χ0n) is 10.2. The van der Waals surface area contributed by atoms with Crippen molar-refractivity contribution in [2.75, 3.05) is 7.11 Å². The van der Waals surface area contributed by atoms with E-state index in [9.17, 15) is 4.79 Å². The number of esters is 1. The Morgan fingerprint density at radius 3 is 2.78 bits per heavy atom. The molecule has 5 heteroatoms. The molecule has 0 radical (unpaired) electrons. The molecule has 0 bridgehead atoms. The van der Waals surface area contributed by atoms with E-state index < -0.39 is 0 Å². The molecule has 5 nitrogen and oxygen atoms in total. The quantitative estimate of drug-likeness (QED) is 0.751. The van der Waals surface area contributed by atoms with Gasteiger partial charge in [0, 0.05) is 6.54 Å². The number of ether oxygens (including phenoxy) is 1. The minimum Gasteiger partial charge on any atom is -0.469 e. The molecule has 0 amide bonds. The first-order valence-electron chi connectivity index (χ1n) is 5.76. The lowest BCUT2D eigenvalue weighted by atomic mass is 9.96. The lowest BCUT2D eigenvalue weighted by Gasteiger charge is -2.14. The summed E-state index contributed by atoms with van der Waals surface area (Å²) in [6.07, 6.45) is 3.76. The molecule has 0 aliphatic rings. The monoisotopic (exact) mass is 245 g/mol. The van der Waals surface area contributed by atoms with Gasteiger partial charge in [0.05, 0.1) is 13.0 Å². The fraction of sp³-hybridized carbons (Fsp3) is 0.308. The van der Waals surface area contributed by atoms with E-state index in [4.69, 9.17) is 4.74 Å². The Hall–Kier alpha value is -2.17. The number of hydrogen-bond acceptors (Lipinski definition) is 4. The van der Waals surface area contributed by atoms with E-state index in [1.54, 1.807) is 11.0 Å². The Kier molecular flexibility index (Phi) is 4.06. The number of carbonyl (C=O) groups excluding carboxylic acids is 1. The molecule has 0 aliphatic heterocycles. The molecule has 2 aromatic rings. The van der Waals surface area contributed by atoms with Gasteiger partial charge >= 0.3 is 5.97 Å². The van der Waals surface area contributed by atoms with Gasteiger partial charge in [0.25, 0.3) is 0 Å². The second-order valence-corrected chi connectivity index (χ2v) is 3.93. The molecule has 2 rings (SSSR count). The largest absolute Gasteiger partial charge is 0.469 e. The van der Waals surface area contributed by atoms with Crippen LogP contribution in [0.2, 0.25) is 0 Å². The third-order valence-corrected chi connectivity index (χ3v) is 2.80. The maximum absolute atomic E-state index is 11.8. The first-order valence-corrected chi connectivity index (χ1v) is 5.76. The molecule has 0 saturated heterocycles. The summed E-state index contributed by atoms with van der Waals surface area (Å²) in [6.45, 7) is 0.634. The Morgan fingerprint density at radius 1 is 1.39 bits per heavy atom. The lowest BCUT2D eigenvalue weighted by molar-refractivity contribution is -0.142. The van der Waals surface area contributed by atoms with Gasteiger partial charge in [-0.1, -0.05) is 30.3 Å². The summed E-state index contributed by atoms with van der Waals surface area (Å²) in [5, 5.41) is 4.02. The highest BCUT2D eigenvalue weighted by atomic mass is 16.5. The standard InChI is InChI=1S/C13H15N3O2/c1-18-13(17)12(11-5-3-2-4-6-11)7-8-16-10-14-9-15-16/h2-6,9-10,12H,7-8H2,1H3. The van der Waals surface area contributed by atoms with E-state index in [2.05, 4.69) is 10.1 Å². The number of hydrogen-bond donors (Lipinski definition) is 0. The molecule has 0 spiro atoms. The summed E-state index contributed by atoms with van der Waals surface area (Å²) >= 11 is 0. The van der Waals surface area contributed by atoms with E-state index in [-0.39, 0.29) is 11.9 Å². The fourth-order valence-corrected chi connectivity index (χ4v) is 1.86. The van der Waals surface area contributed by atoms with Gasteiger partial charge in [-0.2, -0.15) is 5.10 Å². The third-order valence-electron chi connectivity index (χ3n) is 2.80. The van der Waals surface area contributed by atoms with Gasteiger partial charge in [-0.3, -0.25) is 9.48 Å². The predicted molar refractivity (Wildman–Crippen MR) is 65.8 cm³/mol. The first-order chi connectivity index (χ1) is 8.81. The Labute approximate surface area is 105 Å². The van der Waals surface area contributed by atoms with Crippen LogP contribution < -0.4 is 0 Å².